The summed E-state index contributed by atoms with van der Waals surface area (Å²) in [5.74, 6) is -0.203. The molecule has 1 rings (SSSR count). The van der Waals surface area contributed by atoms with Gasteiger partial charge in [-0.05, 0) is 41.9 Å². The third-order valence-corrected chi connectivity index (χ3v) is 3.60. The molecule has 0 saturated heterocycles. The number of nitrogens with one attached hydrogen (secondary N) is 1. The number of rotatable bonds is 4. The number of ether oxygens (including phenoxy) is 1. The molecular formula is C10H14BrNO2S. The molecule has 1 N–H and O–H groups in total. The number of methoxy groups -OCH3 is 1. The van der Waals surface area contributed by atoms with Crippen molar-refractivity contribution in [2.45, 2.75) is 13.8 Å². The van der Waals surface area contributed by atoms with Gasteiger partial charge in [0.2, 0.25) is 0 Å². The van der Waals surface area contributed by atoms with E-state index in [0.717, 1.165) is 8.79 Å². The second kappa shape index (κ2) is 4.99. The normalized spacial score (nSPS) is 11.2. The van der Waals surface area contributed by atoms with Gasteiger partial charge in [0.15, 0.2) is 0 Å². The molecule has 0 aliphatic carbocycles. The van der Waals surface area contributed by atoms with Crippen molar-refractivity contribution in [3.05, 3.63) is 15.9 Å². The predicted octanol–water partition coefficient (Wildman–Crippen LogP) is 3.12. The lowest BCUT2D eigenvalue weighted by molar-refractivity contribution is -0.149. The van der Waals surface area contributed by atoms with E-state index in [4.69, 9.17) is 4.74 Å². The second-order valence-electron chi connectivity index (χ2n) is 3.83. The van der Waals surface area contributed by atoms with Crippen molar-refractivity contribution in [1.29, 1.82) is 0 Å². The first-order valence-corrected chi connectivity index (χ1v) is 6.14. The lowest BCUT2D eigenvalue weighted by Gasteiger charge is -2.21. The molecule has 0 aromatic carbocycles. The van der Waals surface area contributed by atoms with E-state index in [1.807, 2.05) is 26.0 Å². The number of hydrogen-bond donors (Lipinski definition) is 1. The maximum atomic E-state index is 11.4. The third-order valence-electron chi connectivity index (χ3n) is 2.02. The quantitative estimate of drug-likeness (QED) is 0.867. The van der Waals surface area contributed by atoms with Crippen molar-refractivity contribution in [3.8, 4) is 0 Å². The Morgan fingerprint density at radius 1 is 1.60 bits per heavy atom. The van der Waals surface area contributed by atoms with Gasteiger partial charge in [-0.1, -0.05) is 0 Å². The lowest BCUT2D eigenvalue weighted by atomic mass is 9.94. The average Bonchev–Trinajstić information content (AvgIpc) is 2.60. The maximum absolute atomic E-state index is 11.4. The van der Waals surface area contributed by atoms with Gasteiger partial charge in [-0.25, -0.2) is 0 Å². The molecule has 0 aliphatic rings. The van der Waals surface area contributed by atoms with Gasteiger partial charge in [0.25, 0.3) is 0 Å². The molecule has 84 valence electrons. The fourth-order valence-electron chi connectivity index (χ4n) is 1.07. The minimum Gasteiger partial charge on any atom is -0.469 e. The molecule has 15 heavy (non-hydrogen) atoms. The van der Waals surface area contributed by atoms with Crippen LogP contribution in [0, 0.1) is 5.41 Å². The van der Waals surface area contributed by atoms with Gasteiger partial charge in [0.1, 0.15) is 0 Å². The molecule has 0 atom stereocenters. The Hall–Kier alpha value is -0.550. The SMILES string of the molecule is COC(=O)C(C)(C)CNc1ccc(Br)s1. The van der Waals surface area contributed by atoms with E-state index in [1.165, 1.54) is 7.11 Å². The Balaban J connectivity index is 2.53. The number of carbonyl (C=O) groups is 1. The number of esters is 1. The molecule has 3 nitrogen and oxygen atoms in total. The van der Waals surface area contributed by atoms with Gasteiger partial charge in [0, 0.05) is 6.54 Å². The summed E-state index contributed by atoms with van der Waals surface area (Å²) in [6.45, 7) is 4.27. The Morgan fingerprint density at radius 3 is 2.73 bits per heavy atom. The van der Waals surface area contributed by atoms with Crippen LogP contribution in [0.15, 0.2) is 15.9 Å². The number of hydrogen-bond acceptors (Lipinski definition) is 4. The van der Waals surface area contributed by atoms with Crippen molar-refractivity contribution < 1.29 is 9.53 Å². The van der Waals surface area contributed by atoms with Gasteiger partial charge in [-0.3, -0.25) is 4.79 Å². The highest BCUT2D eigenvalue weighted by atomic mass is 79.9. The van der Waals surface area contributed by atoms with Crippen LogP contribution in [0.25, 0.3) is 0 Å². The Morgan fingerprint density at radius 2 is 2.27 bits per heavy atom. The van der Waals surface area contributed by atoms with Crippen LogP contribution in [0.3, 0.4) is 0 Å². The van der Waals surface area contributed by atoms with Gasteiger partial charge >= 0.3 is 5.97 Å². The highest BCUT2D eigenvalue weighted by molar-refractivity contribution is 9.11. The van der Waals surface area contributed by atoms with Crippen molar-refractivity contribution in [3.63, 3.8) is 0 Å². The first-order valence-electron chi connectivity index (χ1n) is 4.53. The Kier molecular flexibility index (Phi) is 4.16. The first-order chi connectivity index (χ1) is 6.95. The van der Waals surface area contributed by atoms with Crippen LogP contribution in [-0.4, -0.2) is 19.6 Å². The van der Waals surface area contributed by atoms with E-state index in [1.54, 1.807) is 11.3 Å². The summed E-state index contributed by atoms with van der Waals surface area (Å²) >= 11 is 4.98. The van der Waals surface area contributed by atoms with Crippen LogP contribution >= 0.6 is 27.3 Å². The minimum absolute atomic E-state index is 0.203. The first kappa shape index (κ1) is 12.5. The molecule has 5 heteroatoms. The summed E-state index contributed by atoms with van der Waals surface area (Å²) in [5, 5.41) is 4.25. The molecule has 1 aromatic heterocycles. The Bertz CT molecular complexity index is 349. The zero-order valence-corrected chi connectivity index (χ0v) is 11.4. The summed E-state index contributed by atoms with van der Waals surface area (Å²) in [5.41, 5.74) is -0.509. The molecule has 0 radical (unpaired) electrons. The van der Waals surface area contributed by atoms with Crippen LogP contribution in [0.2, 0.25) is 0 Å². The van der Waals surface area contributed by atoms with Crippen molar-refractivity contribution in [2.75, 3.05) is 19.0 Å². The number of anilines is 1. The molecule has 1 aromatic rings. The van der Waals surface area contributed by atoms with Crippen LogP contribution in [0.4, 0.5) is 5.00 Å². The fourth-order valence-corrected chi connectivity index (χ4v) is 2.35. The largest absolute Gasteiger partial charge is 0.469 e. The fraction of sp³-hybridized carbons (Fsp3) is 0.500. The summed E-state index contributed by atoms with van der Waals surface area (Å²) in [6.07, 6.45) is 0. The molecule has 0 fully saturated rings. The van der Waals surface area contributed by atoms with E-state index < -0.39 is 5.41 Å². The van der Waals surface area contributed by atoms with Crippen molar-refractivity contribution >= 4 is 38.2 Å². The van der Waals surface area contributed by atoms with Crippen LogP contribution in [-0.2, 0) is 9.53 Å². The van der Waals surface area contributed by atoms with Gasteiger partial charge < -0.3 is 10.1 Å². The molecule has 1 heterocycles. The van der Waals surface area contributed by atoms with E-state index in [9.17, 15) is 4.79 Å². The minimum atomic E-state index is -0.509. The molecule has 0 spiro atoms. The molecule has 0 unspecified atom stereocenters. The molecule has 0 saturated carbocycles. The number of thiophene rings is 1. The van der Waals surface area contributed by atoms with Crippen molar-refractivity contribution in [2.24, 2.45) is 5.41 Å². The summed E-state index contributed by atoms with van der Waals surface area (Å²) in [7, 11) is 1.41. The zero-order valence-electron chi connectivity index (χ0n) is 8.96. The van der Waals surface area contributed by atoms with Gasteiger partial charge in [-0.2, -0.15) is 0 Å². The monoisotopic (exact) mass is 291 g/mol. The van der Waals surface area contributed by atoms with E-state index >= 15 is 0 Å². The Labute approximate surface area is 102 Å². The highest BCUT2D eigenvalue weighted by Crippen LogP contribution is 2.28. The zero-order chi connectivity index (χ0) is 11.5. The topological polar surface area (TPSA) is 38.3 Å². The molecular weight excluding hydrogens is 278 g/mol. The smallest absolute Gasteiger partial charge is 0.313 e. The maximum Gasteiger partial charge on any atom is 0.313 e. The standard InChI is InChI=1S/C10H14BrNO2S/c1-10(2,9(13)14-3)6-12-8-5-4-7(11)15-8/h4-5,12H,6H2,1-3H3. The summed E-state index contributed by atoms with van der Waals surface area (Å²) in [6, 6.07) is 3.94. The van der Waals surface area contributed by atoms with Crippen molar-refractivity contribution in [1.82, 2.24) is 0 Å². The van der Waals surface area contributed by atoms with Gasteiger partial charge in [-0.15, -0.1) is 11.3 Å². The van der Waals surface area contributed by atoms with E-state index in [0.29, 0.717) is 6.54 Å². The average molecular weight is 292 g/mol. The molecule has 0 amide bonds. The van der Waals surface area contributed by atoms with Crippen LogP contribution < -0.4 is 5.32 Å². The number of halogens is 1. The van der Waals surface area contributed by atoms with E-state index in [2.05, 4.69) is 21.2 Å². The summed E-state index contributed by atoms with van der Waals surface area (Å²) < 4.78 is 5.79. The number of carbonyl (C=O) groups excluding carboxylic acids is 1. The van der Waals surface area contributed by atoms with E-state index in [-0.39, 0.29) is 5.97 Å². The van der Waals surface area contributed by atoms with Crippen LogP contribution in [0.5, 0.6) is 0 Å². The van der Waals surface area contributed by atoms with Gasteiger partial charge in [0.05, 0.1) is 21.3 Å². The third kappa shape index (κ3) is 3.50. The highest BCUT2D eigenvalue weighted by Gasteiger charge is 2.28. The lowest BCUT2D eigenvalue weighted by Crippen LogP contribution is -2.32. The van der Waals surface area contributed by atoms with Crippen LogP contribution in [0.1, 0.15) is 13.8 Å². The molecule has 0 bridgehead atoms. The second-order valence-corrected chi connectivity index (χ2v) is 6.30. The molecule has 0 aliphatic heterocycles. The predicted molar refractivity (Wildman–Crippen MR) is 66.3 cm³/mol. The summed E-state index contributed by atoms with van der Waals surface area (Å²) in [4.78, 5) is 11.4.